The molecule has 0 rings (SSSR count). The molecule has 0 fully saturated rings. The lowest BCUT2D eigenvalue weighted by atomic mass is 10.4. The van der Waals surface area contributed by atoms with Gasteiger partial charge in [-0.3, -0.25) is 0 Å². The Morgan fingerprint density at radius 3 is 2.20 bits per heavy atom. The minimum Gasteiger partial charge on any atom is -0.123 e. The quantitative estimate of drug-likeness (QED) is 0.432. The molecule has 1 radical (unpaired) electrons. The Balaban J connectivity index is 2.54. The van der Waals surface area contributed by atoms with Crippen LogP contribution in [0, 0.1) is 6.92 Å². The fourth-order valence-electron chi connectivity index (χ4n) is 0. The molecule has 0 heterocycles. The van der Waals surface area contributed by atoms with Gasteiger partial charge in [-0.25, -0.2) is 0 Å². The lowest BCUT2D eigenvalue weighted by Gasteiger charge is -1.87. The molecule has 0 aliphatic rings. The standard InChI is InChI=1S/C4H8Cl/c1-3-4(2)5/h4H,2-3H2,1H3/t4-/m1/s1. The molecule has 31 valence electrons. The van der Waals surface area contributed by atoms with Crippen LogP contribution in [-0.2, 0) is 0 Å². The molecule has 5 heavy (non-hydrogen) atoms. The summed E-state index contributed by atoms with van der Waals surface area (Å²) in [6.07, 6.45) is 0.960. The molecule has 0 N–H and O–H groups in total. The molecule has 0 saturated carbocycles. The number of alkyl halides is 1. The Bertz CT molecular complexity index is 17.6. The number of halogens is 1. The van der Waals surface area contributed by atoms with Gasteiger partial charge in [-0.15, -0.1) is 11.6 Å². The van der Waals surface area contributed by atoms with Gasteiger partial charge in [0, 0.05) is 5.38 Å². The van der Waals surface area contributed by atoms with Gasteiger partial charge < -0.3 is 0 Å². The van der Waals surface area contributed by atoms with Crippen molar-refractivity contribution >= 4 is 11.6 Å². The van der Waals surface area contributed by atoms with Crippen LogP contribution in [0.25, 0.3) is 0 Å². The average molecular weight is 91.6 g/mol. The summed E-state index contributed by atoms with van der Waals surface area (Å²) in [7, 11) is 0. The van der Waals surface area contributed by atoms with Gasteiger partial charge >= 0.3 is 0 Å². The van der Waals surface area contributed by atoms with Crippen molar-refractivity contribution in [1.82, 2.24) is 0 Å². The predicted octanol–water partition coefficient (Wildman–Crippen LogP) is 1.84. The summed E-state index contributed by atoms with van der Waals surface area (Å²) >= 11 is 5.35. The van der Waals surface area contributed by atoms with E-state index in [1.807, 2.05) is 6.92 Å². The highest BCUT2D eigenvalue weighted by Gasteiger charge is 1.83. The predicted molar refractivity (Wildman–Crippen MR) is 25.3 cm³/mol. The Hall–Kier alpha value is 0.290. The maximum Gasteiger partial charge on any atom is 0.0334 e. The zero-order valence-corrected chi connectivity index (χ0v) is 4.13. The molecule has 1 heteroatoms. The maximum atomic E-state index is 5.35. The largest absolute Gasteiger partial charge is 0.123 e. The van der Waals surface area contributed by atoms with Crippen LogP contribution in [-0.4, -0.2) is 5.38 Å². The summed E-state index contributed by atoms with van der Waals surface area (Å²) in [6, 6.07) is 0. The van der Waals surface area contributed by atoms with Gasteiger partial charge in [-0.05, 0) is 13.3 Å². The fourth-order valence-corrected chi connectivity index (χ4v) is 0. The van der Waals surface area contributed by atoms with E-state index >= 15 is 0 Å². The van der Waals surface area contributed by atoms with E-state index in [4.69, 9.17) is 11.6 Å². The third kappa shape index (κ3) is 4.29. The van der Waals surface area contributed by atoms with Crippen LogP contribution in [0.2, 0.25) is 0 Å². The molecule has 0 nitrogen and oxygen atoms in total. The minimum absolute atomic E-state index is 0.106. The van der Waals surface area contributed by atoms with E-state index in [1.165, 1.54) is 0 Å². The van der Waals surface area contributed by atoms with Crippen molar-refractivity contribution in [3.8, 4) is 0 Å². The summed E-state index contributed by atoms with van der Waals surface area (Å²) in [5, 5.41) is 0.106. The molecule has 0 aliphatic carbocycles. The second-order valence-corrected chi connectivity index (χ2v) is 1.62. The molecule has 0 amide bonds. The molecule has 0 spiro atoms. The summed E-state index contributed by atoms with van der Waals surface area (Å²) in [4.78, 5) is 0. The van der Waals surface area contributed by atoms with Crippen molar-refractivity contribution in [2.45, 2.75) is 18.7 Å². The van der Waals surface area contributed by atoms with Crippen LogP contribution in [0.15, 0.2) is 0 Å². The Labute approximate surface area is 38.1 Å². The van der Waals surface area contributed by atoms with Crippen molar-refractivity contribution in [1.29, 1.82) is 0 Å². The van der Waals surface area contributed by atoms with E-state index in [9.17, 15) is 0 Å². The fraction of sp³-hybridized carbons (Fsp3) is 0.750. The second kappa shape index (κ2) is 2.52. The molecule has 0 saturated heterocycles. The van der Waals surface area contributed by atoms with Crippen LogP contribution < -0.4 is 0 Å². The van der Waals surface area contributed by atoms with Gasteiger partial charge in [0.25, 0.3) is 0 Å². The van der Waals surface area contributed by atoms with Crippen molar-refractivity contribution in [2.24, 2.45) is 0 Å². The van der Waals surface area contributed by atoms with E-state index in [1.54, 1.807) is 0 Å². The van der Waals surface area contributed by atoms with Gasteiger partial charge in [0.2, 0.25) is 0 Å². The Morgan fingerprint density at radius 2 is 2.20 bits per heavy atom. The van der Waals surface area contributed by atoms with E-state index in [2.05, 4.69) is 6.92 Å². The average Bonchev–Trinajstić information content (AvgIpc) is 1.38. The Kier molecular flexibility index (Phi) is 2.67. The van der Waals surface area contributed by atoms with Crippen LogP contribution in [0.1, 0.15) is 13.3 Å². The number of hydrogen-bond donors (Lipinski definition) is 0. The van der Waals surface area contributed by atoms with Gasteiger partial charge in [0.1, 0.15) is 0 Å². The lowest BCUT2D eigenvalue weighted by molar-refractivity contribution is 0.964. The first-order chi connectivity index (χ1) is 2.27. The third-order valence-corrected chi connectivity index (χ3v) is 0.752. The molecule has 0 aromatic rings. The molecule has 0 aliphatic heterocycles. The molecule has 0 aromatic heterocycles. The van der Waals surface area contributed by atoms with E-state index in [-0.39, 0.29) is 5.38 Å². The SMILES string of the molecule is [CH2][C@@H](Cl)CC. The highest BCUT2D eigenvalue weighted by atomic mass is 35.5. The van der Waals surface area contributed by atoms with Crippen LogP contribution in [0.4, 0.5) is 0 Å². The van der Waals surface area contributed by atoms with Crippen LogP contribution in [0.3, 0.4) is 0 Å². The van der Waals surface area contributed by atoms with Crippen LogP contribution in [0.5, 0.6) is 0 Å². The number of hydrogen-bond acceptors (Lipinski definition) is 0. The van der Waals surface area contributed by atoms with E-state index in [0.717, 1.165) is 6.42 Å². The monoisotopic (exact) mass is 91.0 g/mol. The van der Waals surface area contributed by atoms with E-state index < -0.39 is 0 Å². The zero-order chi connectivity index (χ0) is 4.28. The second-order valence-electron chi connectivity index (χ2n) is 1.01. The summed E-state index contributed by atoms with van der Waals surface area (Å²) in [5.74, 6) is 0. The van der Waals surface area contributed by atoms with Gasteiger partial charge in [-0.1, -0.05) is 6.92 Å². The van der Waals surface area contributed by atoms with Crippen molar-refractivity contribution in [3.63, 3.8) is 0 Å². The summed E-state index contributed by atoms with van der Waals surface area (Å²) in [6.45, 7) is 5.53. The topological polar surface area (TPSA) is 0 Å². The van der Waals surface area contributed by atoms with Crippen molar-refractivity contribution in [3.05, 3.63) is 6.92 Å². The smallest absolute Gasteiger partial charge is 0.0334 e. The zero-order valence-electron chi connectivity index (χ0n) is 3.37. The lowest BCUT2D eigenvalue weighted by Crippen LogP contribution is -1.82. The van der Waals surface area contributed by atoms with Gasteiger partial charge in [-0.2, -0.15) is 0 Å². The molecule has 0 bridgehead atoms. The van der Waals surface area contributed by atoms with Crippen molar-refractivity contribution < 1.29 is 0 Å². The maximum absolute atomic E-state index is 5.35. The first-order valence-electron chi connectivity index (χ1n) is 1.74. The number of rotatable bonds is 1. The molecular weight excluding hydrogens is 83.5 g/mol. The highest BCUT2D eigenvalue weighted by molar-refractivity contribution is 6.21. The molecular formula is C4H8Cl. The molecule has 0 unspecified atom stereocenters. The van der Waals surface area contributed by atoms with Crippen LogP contribution >= 0.6 is 11.6 Å². The first-order valence-corrected chi connectivity index (χ1v) is 2.18. The normalized spacial score (nSPS) is 15.0. The summed E-state index contributed by atoms with van der Waals surface area (Å²) < 4.78 is 0. The van der Waals surface area contributed by atoms with E-state index in [0.29, 0.717) is 0 Å². The van der Waals surface area contributed by atoms with Gasteiger partial charge in [0.15, 0.2) is 0 Å². The van der Waals surface area contributed by atoms with Gasteiger partial charge in [0.05, 0.1) is 0 Å². The molecule has 1 atom stereocenters. The third-order valence-electron chi connectivity index (χ3n) is 0.443. The highest BCUT2D eigenvalue weighted by Crippen LogP contribution is 1.94. The Morgan fingerprint density at radius 1 is 2.00 bits per heavy atom. The summed E-state index contributed by atoms with van der Waals surface area (Å²) in [5.41, 5.74) is 0. The minimum atomic E-state index is 0.106. The van der Waals surface area contributed by atoms with Crippen molar-refractivity contribution in [2.75, 3.05) is 0 Å². The first kappa shape index (κ1) is 5.29. The molecule has 0 aromatic carbocycles.